The highest BCUT2D eigenvalue weighted by Crippen LogP contribution is 2.33. The number of fused-ring (bicyclic) bond motifs is 1. The van der Waals surface area contributed by atoms with Crippen molar-refractivity contribution in [1.29, 1.82) is 0 Å². The highest BCUT2D eigenvalue weighted by molar-refractivity contribution is 5.73. The number of halogens is 1. The smallest absolute Gasteiger partial charge is 0.250 e. The molecule has 3 aromatic rings. The Hall–Kier alpha value is -2.71. The van der Waals surface area contributed by atoms with Crippen LogP contribution in [0.25, 0.3) is 11.0 Å². The normalized spacial score (nSPS) is 21.8. The highest BCUT2D eigenvalue weighted by Gasteiger charge is 2.34. The molecule has 8 heteroatoms. The van der Waals surface area contributed by atoms with E-state index >= 15 is 0 Å². The fourth-order valence-corrected chi connectivity index (χ4v) is 4.80. The zero-order chi connectivity index (χ0) is 23.2. The van der Waals surface area contributed by atoms with Crippen molar-refractivity contribution >= 4 is 11.0 Å². The van der Waals surface area contributed by atoms with Crippen molar-refractivity contribution < 1.29 is 9.13 Å². The lowest BCUT2D eigenvalue weighted by molar-refractivity contribution is 0.0948. The number of hydrogen-bond acceptors (Lipinski definition) is 5. The number of ether oxygens (including phenoxy) is 1. The molecule has 4 atom stereocenters. The van der Waals surface area contributed by atoms with E-state index in [0.717, 1.165) is 35.2 Å². The number of rotatable bonds is 5. The number of aromatic nitrogens is 3. The summed E-state index contributed by atoms with van der Waals surface area (Å²) >= 11 is 0. The molecule has 1 saturated heterocycles. The van der Waals surface area contributed by atoms with Gasteiger partial charge >= 0.3 is 0 Å². The van der Waals surface area contributed by atoms with Crippen molar-refractivity contribution in [2.75, 3.05) is 25.2 Å². The molecule has 0 N–H and O–H groups in total. The number of methoxy groups -OCH3 is 1. The minimum absolute atomic E-state index is 0.0440. The maximum atomic E-state index is 14.0. The van der Waals surface area contributed by atoms with Crippen LogP contribution < -0.4 is 10.6 Å². The Morgan fingerprint density at radius 3 is 2.56 bits per heavy atom. The van der Waals surface area contributed by atoms with E-state index in [2.05, 4.69) is 30.7 Å². The summed E-state index contributed by atoms with van der Waals surface area (Å²) in [7, 11) is 3.42. The van der Waals surface area contributed by atoms with Crippen molar-refractivity contribution in [3.8, 4) is 0 Å². The number of pyridine rings is 1. The van der Waals surface area contributed by atoms with E-state index in [1.807, 2.05) is 24.0 Å². The molecule has 0 aliphatic carbocycles. The second-order valence-electron chi connectivity index (χ2n) is 8.89. The number of piperazine rings is 1. The first-order chi connectivity index (χ1) is 15.2. The van der Waals surface area contributed by atoms with E-state index in [4.69, 9.17) is 9.84 Å². The second-order valence-corrected chi connectivity index (χ2v) is 8.89. The molecule has 1 aliphatic rings. The summed E-state index contributed by atoms with van der Waals surface area (Å²) < 4.78 is 21.1. The van der Waals surface area contributed by atoms with Gasteiger partial charge in [0.25, 0.3) is 5.56 Å². The van der Waals surface area contributed by atoms with Crippen molar-refractivity contribution in [3.05, 3.63) is 63.8 Å². The molecule has 0 radical (unpaired) electrons. The third-order valence-electron chi connectivity index (χ3n) is 6.84. The standard InChI is InChI=1S/C24H32FN5O2/c1-15-13-29(30-14-23-22(26-30)9-10-24(31)27(23)5)16(2)12-28(15)17(3)20-8-7-19(25)11-21(20)18(4)32-6/h7-11,14-18H,12-13H2,1-6H3/t15-,16+,17?,18?/m1/s1. The summed E-state index contributed by atoms with van der Waals surface area (Å²) in [5, 5.41) is 6.95. The summed E-state index contributed by atoms with van der Waals surface area (Å²) in [5.41, 5.74) is 3.55. The minimum atomic E-state index is -0.244. The zero-order valence-corrected chi connectivity index (χ0v) is 19.6. The molecule has 1 fully saturated rings. The van der Waals surface area contributed by atoms with Crippen molar-refractivity contribution in [3.63, 3.8) is 0 Å². The van der Waals surface area contributed by atoms with Gasteiger partial charge in [0.05, 0.1) is 30.4 Å². The van der Waals surface area contributed by atoms with E-state index in [1.165, 1.54) is 6.07 Å². The molecule has 0 amide bonds. The molecule has 0 bridgehead atoms. The van der Waals surface area contributed by atoms with Crippen LogP contribution in [-0.2, 0) is 11.8 Å². The Morgan fingerprint density at radius 2 is 1.84 bits per heavy atom. The lowest BCUT2D eigenvalue weighted by Gasteiger charge is -2.47. The number of benzene rings is 1. The van der Waals surface area contributed by atoms with Crippen molar-refractivity contribution in [2.24, 2.45) is 7.05 Å². The Morgan fingerprint density at radius 1 is 1.09 bits per heavy atom. The van der Waals surface area contributed by atoms with Gasteiger partial charge in [-0.1, -0.05) is 6.07 Å². The van der Waals surface area contributed by atoms with Crippen LogP contribution >= 0.6 is 0 Å². The van der Waals surface area contributed by atoms with Crippen LogP contribution in [0.3, 0.4) is 0 Å². The maximum Gasteiger partial charge on any atom is 0.250 e. The van der Waals surface area contributed by atoms with Gasteiger partial charge in [-0.25, -0.2) is 4.39 Å². The van der Waals surface area contributed by atoms with Crippen LogP contribution in [0.2, 0.25) is 0 Å². The predicted octanol–water partition coefficient (Wildman–Crippen LogP) is 3.37. The van der Waals surface area contributed by atoms with E-state index in [1.54, 1.807) is 36.9 Å². The first kappa shape index (κ1) is 22.5. The first-order valence-electron chi connectivity index (χ1n) is 11.1. The number of aryl methyl sites for hydroxylation is 1. The number of hydrogen-bond donors (Lipinski definition) is 0. The van der Waals surface area contributed by atoms with Gasteiger partial charge in [0.2, 0.25) is 0 Å². The molecule has 0 saturated carbocycles. The van der Waals surface area contributed by atoms with E-state index in [-0.39, 0.29) is 35.6 Å². The number of nitrogens with zero attached hydrogens (tertiary/aromatic N) is 5. The average molecular weight is 442 g/mol. The minimum Gasteiger partial charge on any atom is -0.377 e. The first-order valence-corrected chi connectivity index (χ1v) is 11.1. The molecule has 0 spiro atoms. The summed E-state index contributed by atoms with van der Waals surface area (Å²) in [6, 6.07) is 8.87. The highest BCUT2D eigenvalue weighted by atomic mass is 19.1. The molecule has 1 aromatic carbocycles. The maximum absolute atomic E-state index is 14.0. The van der Waals surface area contributed by atoms with Crippen LogP contribution in [0, 0.1) is 5.82 Å². The van der Waals surface area contributed by atoms with Gasteiger partial charge in [0.15, 0.2) is 0 Å². The van der Waals surface area contributed by atoms with Crippen LogP contribution in [0.15, 0.2) is 41.3 Å². The average Bonchev–Trinajstić information content (AvgIpc) is 3.21. The summed E-state index contributed by atoms with van der Waals surface area (Å²) in [6.45, 7) is 10.1. The molecular formula is C24H32FN5O2. The Labute approximate surface area is 188 Å². The van der Waals surface area contributed by atoms with Gasteiger partial charge in [-0.05, 0) is 57.0 Å². The van der Waals surface area contributed by atoms with Gasteiger partial charge in [-0.3, -0.25) is 14.7 Å². The summed E-state index contributed by atoms with van der Waals surface area (Å²) in [5.74, 6) is -0.244. The Balaban J connectivity index is 1.60. The van der Waals surface area contributed by atoms with E-state index in [0.29, 0.717) is 0 Å². The van der Waals surface area contributed by atoms with Gasteiger partial charge in [-0.2, -0.15) is 9.89 Å². The third-order valence-corrected chi connectivity index (χ3v) is 6.84. The van der Waals surface area contributed by atoms with Crippen molar-refractivity contribution in [2.45, 2.75) is 51.9 Å². The zero-order valence-electron chi connectivity index (χ0n) is 19.6. The molecule has 172 valence electrons. The lowest BCUT2D eigenvalue weighted by atomic mass is 9.94. The van der Waals surface area contributed by atoms with Gasteiger partial charge in [0.1, 0.15) is 11.3 Å². The largest absolute Gasteiger partial charge is 0.377 e. The molecule has 3 heterocycles. The lowest BCUT2D eigenvalue weighted by Crippen LogP contribution is -2.60. The van der Waals surface area contributed by atoms with Gasteiger partial charge in [0, 0.05) is 38.9 Å². The topological polar surface area (TPSA) is 55.5 Å². The summed E-state index contributed by atoms with van der Waals surface area (Å²) in [4.78, 5) is 16.3. The van der Waals surface area contributed by atoms with E-state index in [9.17, 15) is 9.18 Å². The van der Waals surface area contributed by atoms with Crippen LogP contribution in [-0.4, -0.2) is 51.6 Å². The van der Waals surface area contributed by atoms with Crippen LogP contribution in [0.1, 0.15) is 51.0 Å². The predicted molar refractivity (Wildman–Crippen MR) is 124 cm³/mol. The van der Waals surface area contributed by atoms with Gasteiger partial charge in [-0.15, -0.1) is 0 Å². The molecule has 2 unspecified atom stereocenters. The molecule has 4 rings (SSSR count). The van der Waals surface area contributed by atoms with Crippen LogP contribution in [0.5, 0.6) is 0 Å². The van der Waals surface area contributed by atoms with E-state index < -0.39 is 0 Å². The quantitative estimate of drug-likeness (QED) is 0.608. The van der Waals surface area contributed by atoms with Crippen molar-refractivity contribution in [1.82, 2.24) is 19.4 Å². The monoisotopic (exact) mass is 441 g/mol. The SMILES string of the molecule is COC(C)c1cc(F)ccc1C(C)N1C[C@H](C)N(n2cc3c(ccc(=O)n3C)n2)C[C@H]1C. The molecule has 1 aliphatic heterocycles. The Kier molecular flexibility index (Phi) is 6.09. The second kappa shape index (κ2) is 8.67. The Bertz CT molecular complexity index is 1170. The molecular weight excluding hydrogens is 409 g/mol. The third kappa shape index (κ3) is 3.93. The fraction of sp³-hybridized carbons (Fsp3) is 0.500. The fourth-order valence-electron chi connectivity index (χ4n) is 4.80. The summed E-state index contributed by atoms with van der Waals surface area (Å²) in [6.07, 6.45) is 1.75. The molecule has 32 heavy (non-hydrogen) atoms. The van der Waals surface area contributed by atoms with Crippen LogP contribution in [0.4, 0.5) is 4.39 Å². The molecule has 2 aromatic heterocycles. The van der Waals surface area contributed by atoms with Gasteiger partial charge < -0.3 is 9.30 Å². The molecule has 7 nitrogen and oxygen atoms in total.